The number of rotatable bonds is 3. The van der Waals surface area contributed by atoms with Gasteiger partial charge in [0.2, 0.25) is 11.8 Å². The van der Waals surface area contributed by atoms with Gasteiger partial charge in [0.25, 0.3) is 0 Å². The molecule has 3 rings (SSSR count). The molecule has 1 N–H and O–H groups in total. The first-order valence-electron chi connectivity index (χ1n) is 7.28. The summed E-state index contributed by atoms with van der Waals surface area (Å²) in [5.74, 6) is 0.0679. The van der Waals surface area contributed by atoms with Gasteiger partial charge in [0, 0.05) is 31.6 Å². The molecule has 2 aromatic rings. The van der Waals surface area contributed by atoms with Crippen LogP contribution in [-0.2, 0) is 16.1 Å². The molecule has 110 valence electrons. The van der Waals surface area contributed by atoms with Crippen LogP contribution in [0, 0.1) is 0 Å². The van der Waals surface area contributed by atoms with Crippen LogP contribution in [0.4, 0.5) is 5.69 Å². The summed E-state index contributed by atoms with van der Waals surface area (Å²) in [5.41, 5.74) is 1.75. The number of carbonyl (C=O) groups excluding carboxylic acids is 2. The van der Waals surface area contributed by atoms with Crippen molar-refractivity contribution in [3.63, 3.8) is 0 Å². The molecule has 1 aromatic heterocycles. The van der Waals surface area contributed by atoms with Crippen molar-refractivity contribution in [1.82, 2.24) is 9.47 Å². The SMILES string of the molecule is CC(=O)Nc1cccc2c1ccn2CC(=O)N1CCCC1. The summed E-state index contributed by atoms with van der Waals surface area (Å²) in [4.78, 5) is 25.4. The largest absolute Gasteiger partial charge is 0.341 e. The van der Waals surface area contributed by atoms with Crippen LogP contribution >= 0.6 is 0 Å². The Morgan fingerprint density at radius 3 is 2.67 bits per heavy atom. The third-order valence-electron chi connectivity index (χ3n) is 3.89. The molecular weight excluding hydrogens is 266 g/mol. The van der Waals surface area contributed by atoms with Gasteiger partial charge in [-0.25, -0.2) is 0 Å². The lowest BCUT2D eigenvalue weighted by atomic mass is 10.2. The minimum Gasteiger partial charge on any atom is -0.341 e. The Labute approximate surface area is 123 Å². The Balaban J connectivity index is 1.86. The molecule has 1 aliphatic heterocycles. The summed E-state index contributed by atoms with van der Waals surface area (Å²) in [6.07, 6.45) is 4.11. The van der Waals surface area contributed by atoms with E-state index in [-0.39, 0.29) is 11.8 Å². The van der Waals surface area contributed by atoms with Gasteiger partial charge in [0.05, 0.1) is 11.2 Å². The Morgan fingerprint density at radius 2 is 1.95 bits per heavy atom. The van der Waals surface area contributed by atoms with Gasteiger partial charge in [0.1, 0.15) is 6.54 Å². The van der Waals surface area contributed by atoms with E-state index in [9.17, 15) is 9.59 Å². The molecule has 0 bridgehead atoms. The van der Waals surface area contributed by atoms with Crippen molar-refractivity contribution in [2.24, 2.45) is 0 Å². The summed E-state index contributed by atoms with van der Waals surface area (Å²) >= 11 is 0. The fraction of sp³-hybridized carbons (Fsp3) is 0.375. The molecule has 5 heteroatoms. The lowest BCUT2D eigenvalue weighted by Crippen LogP contribution is -2.30. The minimum absolute atomic E-state index is 0.0941. The van der Waals surface area contributed by atoms with Crippen LogP contribution < -0.4 is 5.32 Å². The average molecular weight is 285 g/mol. The van der Waals surface area contributed by atoms with E-state index in [1.54, 1.807) is 0 Å². The van der Waals surface area contributed by atoms with Crippen molar-refractivity contribution >= 4 is 28.4 Å². The van der Waals surface area contributed by atoms with Gasteiger partial charge >= 0.3 is 0 Å². The number of nitrogens with one attached hydrogen (secondary N) is 1. The van der Waals surface area contributed by atoms with Gasteiger partial charge in [-0.2, -0.15) is 0 Å². The highest BCUT2D eigenvalue weighted by Crippen LogP contribution is 2.24. The number of likely N-dealkylation sites (tertiary alicyclic amines) is 1. The number of nitrogens with zero attached hydrogens (tertiary/aromatic N) is 2. The van der Waals surface area contributed by atoms with E-state index < -0.39 is 0 Å². The molecule has 1 aliphatic rings. The summed E-state index contributed by atoms with van der Waals surface area (Å²) in [5, 5.41) is 3.78. The van der Waals surface area contributed by atoms with Gasteiger partial charge in [0.15, 0.2) is 0 Å². The molecule has 0 unspecified atom stereocenters. The number of hydrogen-bond acceptors (Lipinski definition) is 2. The van der Waals surface area contributed by atoms with Crippen LogP contribution in [0.1, 0.15) is 19.8 Å². The number of benzene rings is 1. The van der Waals surface area contributed by atoms with Crippen LogP contribution in [0.5, 0.6) is 0 Å². The predicted molar refractivity (Wildman–Crippen MR) is 82.1 cm³/mol. The molecular formula is C16H19N3O2. The molecule has 1 fully saturated rings. The molecule has 5 nitrogen and oxygen atoms in total. The maximum atomic E-state index is 12.3. The molecule has 0 radical (unpaired) electrons. The van der Waals surface area contributed by atoms with E-state index >= 15 is 0 Å². The zero-order valence-corrected chi connectivity index (χ0v) is 12.1. The Hall–Kier alpha value is -2.30. The van der Waals surface area contributed by atoms with Crippen molar-refractivity contribution in [2.75, 3.05) is 18.4 Å². The van der Waals surface area contributed by atoms with Crippen molar-refractivity contribution in [1.29, 1.82) is 0 Å². The summed E-state index contributed by atoms with van der Waals surface area (Å²) < 4.78 is 1.95. The number of aromatic nitrogens is 1. The molecule has 21 heavy (non-hydrogen) atoms. The zero-order chi connectivity index (χ0) is 14.8. The van der Waals surface area contributed by atoms with Gasteiger partial charge in [-0.05, 0) is 31.0 Å². The Bertz CT molecular complexity index is 684. The second-order valence-corrected chi connectivity index (χ2v) is 5.45. The second kappa shape index (κ2) is 5.60. The summed E-state index contributed by atoms with van der Waals surface area (Å²) in [7, 11) is 0. The summed E-state index contributed by atoms with van der Waals surface area (Å²) in [6, 6.07) is 7.68. The molecule has 0 spiro atoms. The monoisotopic (exact) mass is 285 g/mol. The fourth-order valence-electron chi connectivity index (χ4n) is 2.87. The second-order valence-electron chi connectivity index (χ2n) is 5.45. The first-order chi connectivity index (χ1) is 10.1. The third kappa shape index (κ3) is 2.77. The van der Waals surface area contributed by atoms with Crippen LogP contribution in [-0.4, -0.2) is 34.4 Å². The standard InChI is InChI=1S/C16H19N3O2/c1-12(20)17-14-5-4-6-15-13(14)7-10-19(15)11-16(21)18-8-2-3-9-18/h4-7,10H,2-3,8-9,11H2,1H3,(H,17,20). The van der Waals surface area contributed by atoms with Gasteiger partial charge in [-0.3, -0.25) is 9.59 Å². The van der Waals surface area contributed by atoms with Crippen LogP contribution in [0.25, 0.3) is 10.9 Å². The smallest absolute Gasteiger partial charge is 0.242 e. The molecule has 0 atom stereocenters. The van der Waals surface area contributed by atoms with Crippen LogP contribution in [0.2, 0.25) is 0 Å². The molecule has 1 saturated heterocycles. The molecule has 0 aliphatic carbocycles. The van der Waals surface area contributed by atoms with Crippen LogP contribution in [0.3, 0.4) is 0 Å². The van der Waals surface area contributed by atoms with Crippen LogP contribution in [0.15, 0.2) is 30.5 Å². The minimum atomic E-state index is -0.0941. The molecule has 1 aromatic carbocycles. The normalized spacial score (nSPS) is 14.6. The van der Waals surface area contributed by atoms with Crippen molar-refractivity contribution < 1.29 is 9.59 Å². The number of anilines is 1. The van der Waals surface area contributed by atoms with Gasteiger partial charge < -0.3 is 14.8 Å². The number of fused-ring (bicyclic) bond motifs is 1. The fourth-order valence-corrected chi connectivity index (χ4v) is 2.87. The maximum Gasteiger partial charge on any atom is 0.242 e. The number of carbonyl (C=O) groups is 2. The van der Waals surface area contributed by atoms with Crippen molar-refractivity contribution in [3.05, 3.63) is 30.5 Å². The first kappa shape index (κ1) is 13.7. The van der Waals surface area contributed by atoms with Crippen molar-refractivity contribution in [2.45, 2.75) is 26.3 Å². The highest BCUT2D eigenvalue weighted by Gasteiger charge is 2.18. The van der Waals surface area contributed by atoms with Gasteiger partial charge in [-0.1, -0.05) is 6.07 Å². The highest BCUT2D eigenvalue weighted by molar-refractivity contribution is 6.01. The van der Waals surface area contributed by atoms with E-state index in [0.29, 0.717) is 6.54 Å². The van der Waals surface area contributed by atoms with E-state index in [1.165, 1.54) is 6.92 Å². The molecule has 2 amide bonds. The Kier molecular flexibility index (Phi) is 3.64. The van der Waals surface area contributed by atoms with E-state index in [2.05, 4.69) is 5.32 Å². The first-order valence-corrected chi connectivity index (χ1v) is 7.28. The van der Waals surface area contributed by atoms with E-state index in [4.69, 9.17) is 0 Å². The quantitative estimate of drug-likeness (QED) is 0.940. The topological polar surface area (TPSA) is 54.3 Å². The summed E-state index contributed by atoms with van der Waals surface area (Å²) in [6.45, 7) is 3.59. The maximum absolute atomic E-state index is 12.3. The zero-order valence-electron chi connectivity index (χ0n) is 12.1. The van der Waals surface area contributed by atoms with E-state index in [1.807, 2.05) is 39.9 Å². The number of hydrogen-bond donors (Lipinski definition) is 1. The third-order valence-corrected chi connectivity index (χ3v) is 3.89. The number of amides is 2. The Morgan fingerprint density at radius 1 is 1.19 bits per heavy atom. The lowest BCUT2D eigenvalue weighted by Gasteiger charge is -2.16. The van der Waals surface area contributed by atoms with Crippen molar-refractivity contribution in [3.8, 4) is 0 Å². The average Bonchev–Trinajstić information content (AvgIpc) is 3.08. The van der Waals surface area contributed by atoms with Gasteiger partial charge in [-0.15, -0.1) is 0 Å². The molecule has 2 heterocycles. The lowest BCUT2D eigenvalue weighted by molar-refractivity contribution is -0.130. The van der Waals surface area contributed by atoms with E-state index in [0.717, 1.165) is 42.5 Å². The predicted octanol–water partition coefficient (Wildman–Crippen LogP) is 2.22. The highest BCUT2D eigenvalue weighted by atomic mass is 16.2. The molecule has 0 saturated carbocycles.